The summed E-state index contributed by atoms with van der Waals surface area (Å²) in [6, 6.07) is 4.04. The van der Waals surface area contributed by atoms with E-state index in [9.17, 15) is 9.59 Å². The van der Waals surface area contributed by atoms with Crippen molar-refractivity contribution >= 4 is 34.7 Å². The SMILES string of the molecule is CC(C)(C)N1Cc2c3cc(cc2C1=O)Cn1c(=O)[nH]c2c(N)nc(nc21)SCC/C=C\C3. The lowest BCUT2D eigenvalue weighted by Crippen LogP contribution is -2.41. The minimum Gasteiger partial charge on any atom is -0.382 e. The Morgan fingerprint density at radius 1 is 1.12 bits per heavy atom. The van der Waals surface area contributed by atoms with Gasteiger partial charge in [-0.2, -0.15) is 0 Å². The highest BCUT2D eigenvalue weighted by atomic mass is 32.2. The molecule has 2 aliphatic heterocycles. The van der Waals surface area contributed by atoms with Gasteiger partial charge >= 0.3 is 5.69 Å². The molecule has 0 aliphatic carbocycles. The van der Waals surface area contributed by atoms with Crippen LogP contribution < -0.4 is 11.4 Å². The molecule has 3 aromatic rings. The molecule has 2 aliphatic rings. The molecule has 9 heteroatoms. The third-order valence-electron chi connectivity index (χ3n) is 5.99. The number of nitrogens with zero attached hydrogens (tertiary/aromatic N) is 4. The normalized spacial score (nSPS) is 17.6. The van der Waals surface area contributed by atoms with E-state index in [4.69, 9.17) is 5.73 Å². The predicted octanol–water partition coefficient (Wildman–Crippen LogP) is 3.10. The number of benzene rings is 1. The van der Waals surface area contributed by atoms with Gasteiger partial charge in [0, 0.05) is 23.4 Å². The summed E-state index contributed by atoms with van der Waals surface area (Å²) < 4.78 is 1.57. The van der Waals surface area contributed by atoms with Crippen molar-refractivity contribution in [2.24, 2.45) is 0 Å². The van der Waals surface area contributed by atoms with Crippen molar-refractivity contribution in [2.75, 3.05) is 11.5 Å². The molecule has 0 saturated heterocycles. The Kier molecular flexibility index (Phi) is 4.88. The number of rotatable bonds is 0. The van der Waals surface area contributed by atoms with Crippen LogP contribution in [0.15, 0.2) is 34.2 Å². The van der Waals surface area contributed by atoms with E-state index in [0.29, 0.717) is 29.4 Å². The maximum absolute atomic E-state index is 13.3. The second kappa shape index (κ2) is 7.51. The molecule has 4 bridgehead atoms. The van der Waals surface area contributed by atoms with Gasteiger partial charge in [-0.3, -0.25) is 9.36 Å². The van der Waals surface area contributed by atoms with Gasteiger partial charge in [0.1, 0.15) is 5.52 Å². The second-order valence-corrected chi connectivity index (χ2v) is 10.3. The third-order valence-corrected chi connectivity index (χ3v) is 6.88. The number of H-pyrrole nitrogens is 1. The molecule has 0 fully saturated rings. The zero-order valence-electron chi connectivity index (χ0n) is 18.4. The number of anilines is 1. The van der Waals surface area contributed by atoms with Crippen molar-refractivity contribution in [2.45, 2.75) is 57.4 Å². The lowest BCUT2D eigenvalue weighted by atomic mass is 9.97. The Labute approximate surface area is 189 Å². The minimum absolute atomic E-state index is 0.0391. The zero-order valence-corrected chi connectivity index (χ0v) is 19.3. The number of aromatic amines is 1. The van der Waals surface area contributed by atoms with E-state index in [-0.39, 0.29) is 23.0 Å². The van der Waals surface area contributed by atoms with Crippen LogP contribution in [0, 0.1) is 0 Å². The van der Waals surface area contributed by atoms with Crippen LogP contribution in [-0.2, 0) is 19.5 Å². The molecule has 32 heavy (non-hydrogen) atoms. The van der Waals surface area contributed by atoms with Crippen LogP contribution in [0.1, 0.15) is 54.2 Å². The average molecular weight is 451 g/mol. The molecule has 0 unspecified atom stereocenters. The van der Waals surface area contributed by atoms with Gasteiger partial charge in [0.05, 0.1) is 6.54 Å². The number of nitrogens with two attached hydrogens (primary N) is 1. The highest BCUT2D eigenvalue weighted by Gasteiger charge is 2.36. The molecule has 0 spiro atoms. The maximum atomic E-state index is 13.3. The molecule has 2 aromatic heterocycles. The zero-order chi connectivity index (χ0) is 22.6. The molecule has 0 atom stereocenters. The number of amides is 1. The summed E-state index contributed by atoms with van der Waals surface area (Å²) in [6.07, 6.45) is 5.92. The van der Waals surface area contributed by atoms with Crippen LogP contribution in [0.3, 0.4) is 0 Å². The minimum atomic E-state index is -0.292. The summed E-state index contributed by atoms with van der Waals surface area (Å²) in [5.74, 6) is 1.11. The van der Waals surface area contributed by atoms with E-state index in [1.54, 1.807) is 4.57 Å². The average Bonchev–Trinajstić information content (AvgIpc) is 3.22. The first-order valence-electron chi connectivity index (χ1n) is 10.7. The maximum Gasteiger partial charge on any atom is 0.328 e. The third kappa shape index (κ3) is 3.50. The van der Waals surface area contributed by atoms with Crippen molar-refractivity contribution in [1.29, 1.82) is 0 Å². The van der Waals surface area contributed by atoms with Gasteiger partial charge in [-0.05, 0) is 56.4 Å². The summed E-state index contributed by atoms with van der Waals surface area (Å²) in [5.41, 5.74) is 10.3. The van der Waals surface area contributed by atoms with Crippen LogP contribution in [0.25, 0.3) is 11.2 Å². The number of fused-ring (bicyclic) bond motifs is 5. The van der Waals surface area contributed by atoms with Gasteiger partial charge in [-0.15, -0.1) is 0 Å². The van der Waals surface area contributed by atoms with E-state index in [1.807, 2.05) is 11.0 Å². The van der Waals surface area contributed by atoms with Crippen LogP contribution in [-0.4, -0.2) is 41.6 Å². The Morgan fingerprint density at radius 2 is 1.94 bits per heavy atom. The van der Waals surface area contributed by atoms with E-state index >= 15 is 0 Å². The Bertz CT molecular complexity index is 1330. The molecular formula is C23H26N6O2S. The molecule has 4 heterocycles. The molecule has 8 nitrogen and oxygen atoms in total. The summed E-state index contributed by atoms with van der Waals surface area (Å²) in [7, 11) is 0. The largest absolute Gasteiger partial charge is 0.382 e. The number of carbonyl (C=O) groups is 1. The van der Waals surface area contributed by atoms with Crippen molar-refractivity contribution in [1.82, 2.24) is 24.4 Å². The molecular weight excluding hydrogens is 424 g/mol. The number of nitrogens with one attached hydrogen (secondary N) is 1. The predicted molar refractivity (Wildman–Crippen MR) is 126 cm³/mol. The first-order chi connectivity index (χ1) is 15.2. The van der Waals surface area contributed by atoms with Gasteiger partial charge in [-0.25, -0.2) is 14.8 Å². The lowest BCUT2D eigenvalue weighted by molar-refractivity contribution is 0.0609. The smallest absolute Gasteiger partial charge is 0.328 e. The summed E-state index contributed by atoms with van der Waals surface area (Å²) in [4.78, 5) is 39.6. The van der Waals surface area contributed by atoms with Crippen molar-refractivity contribution in [3.05, 3.63) is 57.0 Å². The summed E-state index contributed by atoms with van der Waals surface area (Å²) in [5, 5.41) is 0.554. The van der Waals surface area contributed by atoms with Gasteiger partial charge in [-0.1, -0.05) is 30.0 Å². The van der Waals surface area contributed by atoms with E-state index in [1.165, 1.54) is 11.8 Å². The topological polar surface area (TPSA) is 110 Å². The lowest BCUT2D eigenvalue weighted by Gasteiger charge is -2.31. The second-order valence-electron chi connectivity index (χ2n) is 9.26. The van der Waals surface area contributed by atoms with Gasteiger partial charge in [0.15, 0.2) is 16.6 Å². The Balaban J connectivity index is 1.67. The fraction of sp³-hybridized carbons (Fsp3) is 0.391. The molecule has 3 N–H and O–H groups in total. The van der Waals surface area contributed by atoms with Crippen LogP contribution in [0.5, 0.6) is 0 Å². The van der Waals surface area contributed by atoms with Gasteiger partial charge in [0.2, 0.25) is 0 Å². The Hall–Kier alpha value is -3.07. The molecule has 0 radical (unpaired) electrons. The highest BCUT2D eigenvalue weighted by molar-refractivity contribution is 7.99. The van der Waals surface area contributed by atoms with Crippen LogP contribution in [0.4, 0.5) is 5.82 Å². The van der Waals surface area contributed by atoms with Crippen molar-refractivity contribution in [3.8, 4) is 0 Å². The Morgan fingerprint density at radius 3 is 2.72 bits per heavy atom. The van der Waals surface area contributed by atoms with Crippen LogP contribution in [0.2, 0.25) is 0 Å². The fourth-order valence-corrected chi connectivity index (χ4v) is 5.09. The van der Waals surface area contributed by atoms with Crippen molar-refractivity contribution in [3.63, 3.8) is 0 Å². The molecule has 1 amide bonds. The molecule has 1 aromatic carbocycles. The number of imidazole rings is 1. The van der Waals surface area contributed by atoms with E-state index in [2.05, 4.69) is 53.9 Å². The van der Waals surface area contributed by atoms with E-state index < -0.39 is 0 Å². The number of hydrogen-bond acceptors (Lipinski definition) is 6. The number of thioether (sulfide) groups is 1. The molecule has 166 valence electrons. The molecule has 5 rings (SSSR count). The van der Waals surface area contributed by atoms with Crippen molar-refractivity contribution < 1.29 is 4.79 Å². The number of nitrogen functional groups attached to an aromatic ring is 1. The summed E-state index contributed by atoms with van der Waals surface area (Å²) >= 11 is 1.52. The standard InChI is InChI=1S/C23H26N6O2S/c1-23(2,3)29-12-16-14-7-5-4-6-8-32-21-26-18(24)17-19(27-21)28(22(31)25-17)11-13(9-14)10-15(16)20(29)30/h4-5,9-10H,6-8,11-12H2,1-3H3,(H,25,31)(H2,24,26,27)/b5-4-. The molecule has 0 saturated carbocycles. The monoisotopic (exact) mass is 450 g/mol. The number of hydrogen-bond donors (Lipinski definition) is 2. The number of aromatic nitrogens is 4. The van der Waals surface area contributed by atoms with E-state index in [0.717, 1.165) is 40.8 Å². The fourth-order valence-electron chi connectivity index (χ4n) is 4.34. The quantitative estimate of drug-likeness (QED) is 0.402. The van der Waals surface area contributed by atoms with Gasteiger partial charge in [0.25, 0.3) is 5.91 Å². The summed E-state index contributed by atoms with van der Waals surface area (Å²) in [6.45, 7) is 7.07. The highest BCUT2D eigenvalue weighted by Crippen LogP contribution is 2.33. The first-order valence-corrected chi connectivity index (χ1v) is 11.7. The van der Waals surface area contributed by atoms with Crippen LogP contribution >= 0.6 is 11.8 Å². The number of allylic oxidation sites excluding steroid dienone is 2. The first kappa shape index (κ1) is 20.8. The van der Waals surface area contributed by atoms with Gasteiger partial charge < -0.3 is 15.6 Å². The number of carbonyl (C=O) groups excluding carboxylic acids is 1.